The summed E-state index contributed by atoms with van der Waals surface area (Å²) in [5.41, 5.74) is 3.49. The van der Waals surface area contributed by atoms with Crippen LogP contribution in [0.3, 0.4) is 0 Å². The number of aliphatic carboxylic acids is 2. The number of nitrogens with zero attached hydrogens (tertiary/aromatic N) is 1. The van der Waals surface area contributed by atoms with Gasteiger partial charge in [-0.3, -0.25) is 9.59 Å². The highest BCUT2D eigenvalue weighted by Crippen LogP contribution is 2.28. The highest BCUT2D eigenvalue weighted by atomic mass is 35.5. The van der Waals surface area contributed by atoms with Crippen molar-refractivity contribution in [2.45, 2.75) is 38.6 Å². The molecular weight excluding hydrogens is 530 g/mol. The molecule has 0 aliphatic rings. The summed E-state index contributed by atoms with van der Waals surface area (Å²) in [6.07, 6.45) is 7.91. The zero-order valence-corrected chi connectivity index (χ0v) is 22.8. The van der Waals surface area contributed by atoms with E-state index in [1.807, 2.05) is 83.6 Å². The van der Waals surface area contributed by atoms with E-state index in [0.717, 1.165) is 40.6 Å². The monoisotopic (exact) mass is 561 g/mol. The molecule has 2 N–H and O–H groups in total. The van der Waals surface area contributed by atoms with Gasteiger partial charge in [0.1, 0.15) is 11.5 Å². The second-order valence-corrected chi connectivity index (χ2v) is 9.80. The smallest absolute Gasteiger partial charge is 0.307 e. The average Bonchev–Trinajstić information content (AvgIpc) is 3.28. The number of carbonyl (C=O) groups is 2. The van der Waals surface area contributed by atoms with Crippen molar-refractivity contribution < 1.29 is 29.3 Å². The topological polar surface area (TPSA) is 98.0 Å². The minimum atomic E-state index is -0.910. The molecule has 4 aromatic rings. The SMILES string of the molecule is O=C(O)CCCn1cc(CC(=O)O)c2c(C=Cc3ccc(OCCCCOc4ccccc4Cl)cc3)cccc21. The van der Waals surface area contributed by atoms with E-state index in [4.69, 9.17) is 26.2 Å². The van der Waals surface area contributed by atoms with E-state index in [1.54, 1.807) is 6.07 Å². The fourth-order valence-corrected chi connectivity index (χ4v) is 4.68. The Morgan fingerprint density at radius 3 is 2.30 bits per heavy atom. The Kier molecular flexibility index (Phi) is 10.2. The maximum absolute atomic E-state index is 11.5. The number of carboxylic acid groups (broad SMARTS) is 2. The van der Waals surface area contributed by atoms with Crippen LogP contribution < -0.4 is 9.47 Å². The van der Waals surface area contributed by atoms with E-state index in [9.17, 15) is 14.7 Å². The molecule has 1 heterocycles. The number of aryl methyl sites for hydroxylation is 1. The average molecular weight is 562 g/mol. The first-order valence-electron chi connectivity index (χ1n) is 13.2. The number of fused-ring (bicyclic) bond motifs is 1. The van der Waals surface area contributed by atoms with Crippen molar-refractivity contribution in [1.29, 1.82) is 0 Å². The van der Waals surface area contributed by atoms with Crippen LogP contribution in [0.4, 0.5) is 0 Å². The van der Waals surface area contributed by atoms with Crippen LogP contribution >= 0.6 is 11.6 Å². The van der Waals surface area contributed by atoms with E-state index in [2.05, 4.69) is 0 Å². The lowest BCUT2D eigenvalue weighted by atomic mass is 10.0. The van der Waals surface area contributed by atoms with Gasteiger partial charge in [0, 0.05) is 30.1 Å². The number of carboxylic acids is 2. The summed E-state index contributed by atoms with van der Waals surface area (Å²) in [5, 5.41) is 19.9. The second-order valence-electron chi connectivity index (χ2n) is 9.39. The minimum Gasteiger partial charge on any atom is -0.494 e. The van der Waals surface area contributed by atoms with Crippen molar-refractivity contribution in [3.63, 3.8) is 0 Å². The van der Waals surface area contributed by atoms with Gasteiger partial charge in [-0.25, -0.2) is 0 Å². The van der Waals surface area contributed by atoms with E-state index < -0.39 is 11.9 Å². The Balaban J connectivity index is 1.35. The quantitative estimate of drug-likeness (QED) is 0.118. The van der Waals surface area contributed by atoms with Crippen molar-refractivity contribution in [2.24, 2.45) is 0 Å². The van der Waals surface area contributed by atoms with Gasteiger partial charge >= 0.3 is 11.9 Å². The normalized spacial score (nSPS) is 11.2. The summed E-state index contributed by atoms with van der Waals surface area (Å²) in [6, 6.07) is 21.0. The number of halogens is 1. The Bertz CT molecular complexity index is 1470. The molecule has 40 heavy (non-hydrogen) atoms. The van der Waals surface area contributed by atoms with Crippen molar-refractivity contribution in [2.75, 3.05) is 13.2 Å². The van der Waals surface area contributed by atoms with E-state index in [0.29, 0.717) is 42.5 Å². The molecule has 1 aromatic heterocycles. The van der Waals surface area contributed by atoms with Gasteiger partial charge in [-0.05, 0) is 66.3 Å². The number of unbranched alkanes of at least 4 members (excludes halogenated alkanes) is 1. The van der Waals surface area contributed by atoms with Crippen LogP contribution in [0.25, 0.3) is 23.1 Å². The van der Waals surface area contributed by atoms with E-state index in [1.165, 1.54) is 0 Å². The van der Waals surface area contributed by atoms with Gasteiger partial charge in [-0.15, -0.1) is 0 Å². The number of rotatable bonds is 15. The van der Waals surface area contributed by atoms with Gasteiger partial charge in [0.05, 0.1) is 24.7 Å². The first kappa shape index (κ1) is 28.8. The highest BCUT2D eigenvalue weighted by Gasteiger charge is 2.14. The summed E-state index contributed by atoms with van der Waals surface area (Å²) in [4.78, 5) is 22.4. The summed E-state index contributed by atoms with van der Waals surface area (Å²) in [6.45, 7) is 1.66. The molecule has 0 bridgehead atoms. The first-order valence-corrected chi connectivity index (χ1v) is 13.6. The van der Waals surface area contributed by atoms with Crippen LogP contribution in [-0.2, 0) is 22.6 Å². The number of hydrogen-bond acceptors (Lipinski definition) is 4. The number of aromatic nitrogens is 1. The molecule has 0 aliphatic heterocycles. The molecule has 0 unspecified atom stereocenters. The molecule has 7 nitrogen and oxygen atoms in total. The summed E-state index contributed by atoms with van der Waals surface area (Å²) in [7, 11) is 0. The number of hydrogen-bond donors (Lipinski definition) is 2. The number of para-hydroxylation sites is 1. The zero-order valence-electron chi connectivity index (χ0n) is 22.1. The van der Waals surface area contributed by atoms with Gasteiger partial charge in [0.25, 0.3) is 0 Å². The van der Waals surface area contributed by atoms with Crippen LogP contribution in [0.2, 0.25) is 5.02 Å². The van der Waals surface area contributed by atoms with Gasteiger partial charge < -0.3 is 24.3 Å². The molecule has 0 spiro atoms. The second kappa shape index (κ2) is 14.2. The molecule has 0 fully saturated rings. The third-order valence-electron chi connectivity index (χ3n) is 6.39. The predicted octanol–water partition coefficient (Wildman–Crippen LogP) is 7.20. The molecule has 8 heteroatoms. The Morgan fingerprint density at radius 2 is 1.57 bits per heavy atom. The van der Waals surface area contributed by atoms with Crippen molar-refractivity contribution in [3.05, 3.63) is 94.6 Å². The van der Waals surface area contributed by atoms with Gasteiger partial charge in [-0.1, -0.05) is 60.2 Å². The lowest BCUT2D eigenvalue weighted by molar-refractivity contribution is -0.137. The van der Waals surface area contributed by atoms with Crippen LogP contribution in [0.5, 0.6) is 11.5 Å². The Morgan fingerprint density at radius 1 is 0.825 bits per heavy atom. The lowest BCUT2D eigenvalue weighted by Crippen LogP contribution is -2.02. The maximum Gasteiger partial charge on any atom is 0.307 e. The zero-order chi connectivity index (χ0) is 28.3. The summed E-state index contributed by atoms with van der Waals surface area (Å²) < 4.78 is 13.5. The predicted molar refractivity (Wildman–Crippen MR) is 157 cm³/mol. The van der Waals surface area contributed by atoms with Gasteiger partial charge in [-0.2, -0.15) is 0 Å². The largest absolute Gasteiger partial charge is 0.494 e. The van der Waals surface area contributed by atoms with Crippen molar-refractivity contribution in [1.82, 2.24) is 4.57 Å². The van der Waals surface area contributed by atoms with Gasteiger partial charge in [0.2, 0.25) is 0 Å². The third-order valence-corrected chi connectivity index (χ3v) is 6.70. The van der Waals surface area contributed by atoms with Crippen LogP contribution in [0.15, 0.2) is 72.9 Å². The third kappa shape index (κ3) is 8.13. The summed E-state index contributed by atoms with van der Waals surface area (Å²) in [5.74, 6) is -0.279. The molecule has 0 amide bonds. The van der Waals surface area contributed by atoms with Crippen LogP contribution in [0.1, 0.15) is 42.4 Å². The molecule has 0 aliphatic carbocycles. The van der Waals surface area contributed by atoms with Gasteiger partial charge in [0.15, 0.2) is 0 Å². The standard InChI is InChI=1S/C32H32ClNO6/c33-27-8-1-2-10-29(27)40-20-4-3-19-39-26-16-13-23(14-17-26)12-15-24-7-5-9-28-32(24)25(21-31(37)38)22-34(28)18-6-11-30(35)36/h1-2,5,7-10,12-17,22H,3-4,6,11,18-21H2,(H,35,36)(H,37,38). The number of ether oxygens (including phenoxy) is 2. The fraction of sp³-hybridized carbons (Fsp3) is 0.250. The Labute approximate surface area is 238 Å². The highest BCUT2D eigenvalue weighted by molar-refractivity contribution is 6.32. The van der Waals surface area contributed by atoms with E-state index in [-0.39, 0.29) is 12.8 Å². The molecule has 0 saturated heterocycles. The molecule has 208 valence electrons. The van der Waals surface area contributed by atoms with E-state index >= 15 is 0 Å². The number of benzene rings is 3. The lowest BCUT2D eigenvalue weighted by Gasteiger charge is -2.09. The molecule has 0 radical (unpaired) electrons. The Hall–Kier alpha value is -4.23. The molecule has 3 aromatic carbocycles. The molecule has 0 saturated carbocycles. The molecule has 4 rings (SSSR count). The van der Waals surface area contributed by atoms with Crippen molar-refractivity contribution >= 4 is 46.6 Å². The fourth-order valence-electron chi connectivity index (χ4n) is 4.49. The minimum absolute atomic E-state index is 0.0608. The summed E-state index contributed by atoms with van der Waals surface area (Å²) >= 11 is 6.10. The maximum atomic E-state index is 11.5. The molecule has 0 atom stereocenters. The van der Waals surface area contributed by atoms with Crippen LogP contribution in [0, 0.1) is 0 Å². The molecular formula is C32H32ClNO6. The van der Waals surface area contributed by atoms with Crippen molar-refractivity contribution in [3.8, 4) is 11.5 Å². The van der Waals surface area contributed by atoms with Crippen LogP contribution in [-0.4, -0.2) is 39.9 Å². The first-order chi connectivity index (χ1) is 19.4.